The molecule has 0 spiro atoms. The molecule has 1 aliphatic heterocycles. The molecule has 0 fully saturated rings. The number of anilines is 1. The number of ether oxygens (including phenoxy) is 3. The van der Waals surface area contributed by atoms with Crippen molar-refractivity contribution in [2.45, 2.75) is 26.3 Å². The third-order valence-corrected chi connectivity index (χ3v) is 5.37. The molecule has 1 N–H and O–H groups in total. The highest BCUT2D eigenvalue weighted by Gasteiger charge is 2.25. The molecule has 2 heterocycles. The normalized spacial score (nSPS) is 12.9. The molecule has 0 bridgehead atoms. The first-order chi connectivity index (χ1) is 13.5. The summed E-state index contributed by atoms with van der Waals surface area (Å²) in [6, 6.07) is 5.48. The minimum Gasteiger partial charge on any atom is -0.493 e. The highest BCUT2D eigenvalue weighted by Crippen LogP contribution is 2.30. The van der Waals surface area contributed by atoms with Crippen LogP contribution in [0.25, 0.3) is 0 Å². The Balaban J connectivity index is 1.64. The second-order valence-electron chi connectivity index (χ2n) is 6.17. The minimum atomic E-state index is -0.519. The summed E-state index contributed by atoms with van der Waals surface area (Å²) in [6.45, 7) is 3.13. The number of carbonyl (C=O) groups is 2. The van der Waals surface area contributed by atoms with Crippen LogP contribution in [-0.4, -0.2) is 49.3 Å². The van der Waals surface area contributed by atoms with E-state index >= 15 is 0 Å². The van der Waals surface area contributed by atoms with Crippen LogP contribution >= 0.6 is 11.3 Å². The first-order valence-electron chi connectivity index (χ1n) is 8.95. The lowest BCUT2D eigenvalue weighted by molar-refractivity contribution is -0.131. The van der Waals surface area contributed by atoms with E-state index in [2.05, 4.69) is 10.3 Å². The molecular formula is C19H23N3O5S. The molecule has 3 rings (SSSR count). The summed E-state index contributed by atoms with van der Waals surface area (Å²) in [5, 5.41) is 3.12. The lowest BCUT2D eigenvalue weighted by Crippen LogP contribution is -2.36. The molecule has 9 heteroatoms. The molecule has 1 aromatic heterocycles. The van der Waals surface area contributed by atoms with Gasteiger partial charge in [-0.25, -0.2) is 9.78 Å². The van der Waals surface area contributed by atoms with Crippen molar-refractivity contribution in [1.82, 2.24) is 9.88 Å². The number of benzene rings is 1. The number of hydrogen-bond acceptors (Lipinski definition) is 7. The lowest BCUT2D eigenvalue weighted by Gasteiger charge is -2.26. The SMILES string of the molecule is CCOC(=O)Nc1nc2c(s1)CN(C(=O)Cc1ccc(OC)c(OC)c1)CC2. The van der Waals surface area contributed by atoms with Crippen LogP contribution < -0.4 is 14.8 Å². The Morgan fingerprint density at radius 1 is 1.25 bits per heavy atom. The third-order valence-electron chi connectivity index (χ3n) is 4.37. The van der Waals surface area contributed by atoms with Crippen molar-refractivity contribution >= 4 is 28.5 Å². The van der Waals surface area contributed by atoms with Gasteiger partial charge in [0.1, 0.15) is 0 Å². The van der Waals surface area contributed by atoms with Crippen LogP contribution in [-0.2, 0) is 28.9 Å². The third kappa shape index (κ3) is 4.53. The lowest BCUT2D eigenvalue weighted by atomic mass is 10.1. The number of nitrogens with zero attached hydrogens (tertiary/aromatic N) is 2. The van der Waals surface area contributed by atoms with Crippen molar-refractivity contribution in [3.63, 3.8) is 0 Å². The minimum absolute atomic E-state index is 0.0335. The highest BCUT2D eigenvalue weighted by molar-refractivity contribution is 7.15. The van der Waals surface area contributed by atoms with Crippen molar-refractivity contribution < 1.29 is 23.8 Å². The number of methoxy groups -OCH3 is 2. The van der Waals surface area contributed by atoms with Crippen LogP contribution in [0.1, 0.15) is 23.1 Å². The van der Waals surface area contributed by atoms with Crippen LogP contribution in [0.15, 0.2) is 18.2 Å². The molecule has 0 saturated carbocycles. The van der Waals surface area contributed by atoms with Crippen LogP contribution in [0, 0.1) is 0 Å². The van der Waals surface area contributed by atoms with Crippen LogP contribution in [0.3, 0.4) is 0 Å². The molecule has 2 amide bonds. The maximum Gasteiger partial charge on any atom is 0.413 e. The number of hydrogen-bond donors (Lipinski definition) is 1. The van der Waals surface area contributed by atoms with Crippen molar-refractivity contribution in [3.05, 3.63) is 34.3 Å². The molecule has 1 aliphatic rings. The summed E-state index contributed by atoms with van der Waals surface area (Å²) >= 11 is 1.37. The molecule has 0 saturated heterocycles. The van der Waals surface area contributed by atoms with E-state index in [1.165, 1.54) is 11.3 Å². The van der Waals surface area contributed by atoms with E-state index in [4.69, 9.17) is 14.2 Å². The molecule has 150 valence electrons. The summed E-state index contributed by atoms with van der Waals surface area (Å²) in [4.78, 5) is 31.5. The molecule has 2 aromatic rings. The standard InChI is InChI=1S/C19H23N3O5S/c1-4-27-19(24)21-18-20-13-7-8-22(11-16(13)28-18)17(23)10-12-5-6-14(25-2)15(9-12)26-3/h5-6,9H,4,7-8,10-11H2,1-3H3,(H,20,21,24). The van der Waals surface area contributed by atoms with E-state index in [1.54, 1.807) is 27.2 Å². The Labute approximate surface area is 167 Å². The Kier molecular flexibility index (Phi) is 6.35. The van der Waals surface area contributed by atoms with Crippen molar-refractivity contribution in [2.75, 3.05) is 32.7 Å². The first-order valence-corrected chi connectivity index (χ1v) is 9.76. The van der Waals surface area contributed by atoms with Gasteiger partial charge in [0, 0.05) is 17.8 Å². The average Bonchev–Trinajstić information content (AvgIpc) is 3.09. The van der Waals surface area contributed by atoms with Crippen LogP contribution in [0.4, 0.5) is 9.93 Å². The molecule has 1 aromatic carbocycles. The number of nitrogens with one attached hydrogen (secondary N) is 1. The molecule has 0 radical (unpaired) electrons. The second kappa shape index (κ2) is 8.92. The average molecular weight is 405 g/mol. The first kappa shape index (κ1) is 19.9. The maximum atomic E-state index is 12.7. The molecule has 0 atom stereocenters. The largest absolute Gasteiger partial charge is 0.493 e. The zero-order valence-electron chi connectivity index (χ0n) is 16.1. The van der Waals surface area contributed by atoms with Gasteiger partial charge >= 0.3 is 6.09 Å². The van der Waals surface area contributed by atoms with Gasteiger partial charge in [-0.15, -0.1) is 0 Å². The molecule has 8 nitrogen and oxygen atoms in total. The van der Waals surface area contributed by atoms with Crippen LogP contribution in [0.5, 0.6) is 11.5 Å². The Morgan fingerprint density at radius 3 is 2.75 bits per heavy atom. The zero-order valence-corrected chi connectivity index (χ0v) is 16.9. The van der Waals surface area contributed by atoms with Gasteiger partial charge in [-0.1, -0.05) is 17.4 Å². The van der Waals surface area contributed by atoms with Crippen molar-refractivity contribution in [3.8, 4) is 11.5 Å². The van der Waals surface area contributed by atoms with E-state index in [0.29, 0.717) is 42.7 Å². The number of carbonyl (C=O) groups excluding carboxylic acids is 2. The van der Waals surface area contributed by atoms with Gasteiger partial charge in [0.15, 0.2) is 16.6 Å². The topological polar surface area (TPSA) is 90.0 Å². The fraction of sp³-hybridized carbons (Fsp3) is 0.421. The van der Waals surface area contributed by atoms with Crippen molar-refractivity contribution in [2.24, 2.45) is 0 Å². The van der Waals surface area contributed by atoms with E-state index in [0.717, 1.165) is 16.1 Å². The summed E-state index contributed by atoms with van der Waals surface area (Å²) in [5.74, 6) is 1.27. The second-order valence-corrected chi connectivity index (χ2v) is 7.25. The smallest absolute Gasteiger partial charge is 0.413 e. The van der Waals surface area contributed by atoms with E-state index in [9.17, 15) is 9.59 Å². The summed E-state index contributed by atoms with van der Waals surface area (Å²) in [5.41, 5.74) is 1.79. The molecule has 0 unspecified atom stereocenters. The monoisotopic (exact) mass is 405 g/mol. The predicted molar refractivity (Wildman–Crippen MR) is 105 cm³/mol. The fourth-order valence-corrected chi connectivity index (χ4v) is 4.00. The van der Waals surface area contributed by atoms with E-state index in [1.807, 2.05) is 17.0 Å². The zero-order chi connectivity index (χ0) is 20.1. The number of fused-ring (bicyclic) bond motifs is 1. The van der Waals surface area contributed by atoms with Gasteiger partial charge < -0.3 is 19.1 Å². The summed E-state index contributed by atoms with van der Waals surface area (Å²) < 4.78 is 15.4. The van der Waals surface area contributed by atoms with Gasteiger partial charge in [0.05, 0.1) is 39.5 Å². The number of aromatic nitrogens is 1. The predicted octanol–water partition coefficient (Wildman–Crippen LogP) is 2.86. The fourth-order valence-electron chi connectivity index (χ4n) is 2.99. The quantitative estimate of drug-likeness (QED) is 0.795. The number of rotatable bonds is 6. The Hall–Kier alpha value is -2.81. The Morgan fingerprint density at radius 2 is 2.04 bits per heavy atom. The molecule has 0 aliphatic carbocycles. The summed E-state index contributed by atoms with van der Waals surface area (Å²) in [6.07, 6.45) is 0.422. The van der Waals surface area contributed by atoms with Gasteiger partial charge in [0.25, 0.3) is 0 Å². The van der Waals surface area contributed by atoms with Crippen molar-refractivity contribution in [1.29, 1.82) is 0 Å². The summed E-state index contributed by atoms with van der Waals surface area (Å²) in [7, 11) is 3.15. The molecular weight excluding hydrogens is 382 g/mol. The number of amides is 2. The Bertz CT molecular complexity index is 867. The van der Waals surface area contributed by atoms with Gasteiger partial charge in [0.2, 0.25) is 5.91 Å². The molecule has 28 heavy (non-hydrogen) atoms. The van der Waals surface area contributed by atoms with E-state index in [-0.39, 0.29) is 12.3 Å². The highest BCUT2D eigenvalue weighted by atomic mass is 32.1. The van der Waals surface area contributed by atoms with Gasteiger partial charge in [-0.3, -0.25) is 10.1 Å². The van der Waals surface area contributed by atoms with Crippen LogP contribution in [0.2, 0.25) is 0 Å². The van der Waals surface area contributed by atoms with Gasteiger partial charge in [-0.2, -0.15) is 0 Å². The maximum absolute atomic E-state index is 12.7. The van der Waals surface area contributed by atoms with Gasteiger partial charge in [-0.05, 0) is 24.6 Å². The number of thiazole rings is 1. The van der Waals surface area contributed by atoms with E-state index < -0.39 is 6.09 Å².